The predicted molar refractivity (Wildman–Crippen MR) is 71.4 cm³/mol. The Kier molecular flexibility index (Phi) is 5.06. The van der Waals surface area contributed by atoms with Crippen molar-refractivity contribution in [2.75, 3.05) is 13.7 Å². The summed E-state index contributed by atoms with van der Waals surface area (Å²) >= 11 is 0. The van der Waals surface area contributed by atoms with Gasteiger partial charge in [0.25, 0.3) is 5.91 Å². The normalized spacial score (nSPS) is 12.0. The Morgan fingerprint density at radius 2 is 1.79 bits per heavy atom. The molecule has 1 unspecified atom stereocenters. The summed E-state index contributed by atoms with van der Waals surface area (Å²) in [6.45, 7) is 5.56. The van der Waals surface area contributed by atoms with Crippen molar-refractivity contribution >= 4 is 11.9 Å². The first-order chi connectivity index (χ1) is 8.86. The maximum Gasteiger partial charge on any atom is 0.328 e. The molecule has 1 atom stereocenters. The zero-order valence-corrected chi connectivity index (χ0v) is 11.6. The zero-order valence-electron chi connectivity index (χ0n) is 11.6. The molecule has 5 heteroatoms. The average Bonchev–Trinajstić information content (AvgIpc) is 2.26. The Hall–Kier alpha value is -1.88. The molecule has 5 nitrogen and oxygen atoms in total. The number of benzene rings is 1. The lowest BCUT2D eigenvalue weighted by Gasteiger charge is -2.16. The first kappa shape index (κ1) is 15.2. The van der Waals surface area contributed by atoms with Gasteiger partial charge < -0.3 is 15.2 Å². The molecule has 19 heavy (non-hydrogen) atoms. The Labute approximate surface area is 112 Å². The molecule has 0 bridgehead atoms. The molecule has 1 amide bonds. The molecule has 0 aromatic heterocycles. The Morgan fingerprint density at radius 3 is 2.21 bits per heavy atom. The van der Waals surface area contributed by atoms with Crippen LogP contribution >= 0.6 is 0 Å². The van der Waals surface area contributed by atoms with Crippen LogP contribution in [0.15, 0.2) is 12.1 Å². The van der Waals surface area contributed by atoms with Crippen molar-refractivity contribution in [1.82, 2.24) is 5.32 Å². The van der Waals surface area contributed by atoms with Gasteiger partial charge in [0.15, 0.2) is 6.04 Å². The monoisotopic (exact) mass is 265 g/mol. The Balaban J connectivity index is 2.98. The SMILES string of the molecule is COCC(NC(=O)c1c(C)cc(C)cc1C)C(=O)O. The molecule has 104 valence electrons. The van der Waals surface area contributed by atoms with Crippen LogP contribution in [0.3, 0.4) is 0 Å². The minimum Gasteiger partial charge on any atom is -0.480 e. The molecule has 0 aliphatic carbocycles. The van der Waals surface area contributed by atoms with Crippen LogP contribution < -0.4 is 5.32 Å². The highest BCUT2D eigenvalue weighted by Gasteiger charge is 2.22. The fraction of sp³-hybridized carbons (Fsp3) is 0.429. The summed E-state index contributed by atoms with van der Waals surface area (Å²) in [5.74, 6) is -1.50. The van der Waals surface area contributed by atoms with Crippen molar-refractivity contribution < 1.29 is 19.4 Å². The van der Waals surface area contributed by atoms with E-state index in [1.165, 1.54) is 7.11 Å². The molecule has 1 aromatic rings. The summed E-state index contributed by atoms with van der Waals surface area (Å²) in [4.78, 5) is 23.1. The smallest absolute Gasteiger partial charge is 0.328 e. The van der Waals surface area contributed by atoms with Crippen molar-refractivity contribution in [2.45, 2.75) is 26.8 Å². The summed E-state index contributed by atoms with van der Waals surface area (Å²) in [6.07, 6.45) is 0. The molecule has 0 radical (unpaired) electrons. The second-order valence-corrected chi connectivity index (χ2v) is 4.59. The highest BCUT2D eigenvalue weighted by atomic mass is 16.5. The second kappa shape index (κ2) is 6.33. The van der Waals surface area contributed by atoms with Gasteiger partial charge in [-0.2, -0.15) is 0 Å². The minimum atomic E-state index is -1.11. The van der Waals surface area contributed by atoms with Gasteiger partial charge in [0.05, 0.1) is 6.61 Å². The number of hydrogen-bond donors (Lipinski definition) is 2. The number of carbonyl (C=O) groups is 2. The van der Waals surface area contributed by atoms with Gasteiger partial charge in [-0.15, -0.1) is 0 Å². The first-order valence-corrected chi connectivity index (χ1v) is 5.97. The summed E-state index contributed by atoms with van der Waals surface area (Å²) in [5.41, 5.74) is 3.25. The van der Waals surface area contributed by atoms with E-state index in [0.29, 0.717) is 5.56 Å². The van der Waals surface area contributed by atoms with E-state index in [1.807, 2.05) is 32.9 Å². The third kappa shape index (κ3) is 3.79. The largest absolute Gasteiger partial charge is 0.480 e. The maximum atomic E-state index is 12.2. The molecular formula is C14H19NO4. The van der Waals surface area contributed by atoms with E-state index in [1.54, 1.807) is 0 Å². The van der Waals surface area contributed by atoms with E-state index in [9.17, 15) is 9.59 Å². The third-order valence-corrected chi connectivity index (χ3v) is 2.84. The number of aryl methyl sites for hydroxylation is 3. The molecule has 1 rings (SSSR count). The van der Waals surface area contributed by atoms with Gasteiger partial charge in [0.1, 0.15) is 0 Å². The lowest BCUT2D eigenvalue weighted by molar-refractivity contribution is -0.140. The number of carbonyl (C=O) groups excluding carboxylic acids is 1. The standard InChI is InChI=1S/C14H19NO4/c1-8-5-9(2)12(10(3)6-8)13(16)15-11(7-19-4)14(17)18/h5-6,11H,7H2,1-4H3,(H,15,16)(H,17,18). The van der Waals surface area contributed by atoms with Gasteiger partial charge in [0, 0.05) is 12.7 Å². The van der Waals surface area contributed by atoms with Crippen LogP contribution in [0.4, 0.5) is 0 Å². The highest BCUT2D eigenvalue weighted by molar-refractivity contribution is 5.99. The minimum absolute atomic E-state index is 0.0645. The molecular weight excluding hydrogens is 246 g/mol. The fourth-order valence-electron chi connectivity index (χ4n) is 2.11. The Bertz CT molecular complexity index is 473. The van der Waals surface area contributed by atoms with Gasteiger partial charge >= 0.3 is 5.97 Å². The highest BCUT2D eigenvalue weighted by Crippen LogP contribution is 2.16. The number of hydrogen-bond acceptors (Lipinski definition) is 3. The molecule has 0 spiro atoms. The van der Waals surface area contributed by atoms with Gasteiger partial charge in [0.2, 0.25) is 0 Å². The average molecular weight is 265 g/mol. The summed E-state index contributed by atoms with van der Waals surface area (Å²) in [7, 11) is 1.39. The topological polar surface area (TPSA) is 75.6 Å². The molecule has 2 N–H and O–H groups in total. The first-order valence-electron chi connectivity index (χ1n) is 5.97. The van der Waals surface area contributed by atoms with Crippen LogP contribution in [0, 0.1) is 20.8 Å². The van der Waals surface area contributed by atoms with Crippen LogP contribution in [0.2, 0.25) is 0 Å². The predicted octanol–water partition coefficient (Wildman–Crippen LogP) is 1.44. The van der Waals surface area contributed by atoms with Crippen molar-refractivity contribution in [3.63, 3.8) is 0 Å². The van der Waals surface area contributed by atoms with E-state index < -0.39 is 12.0 Å². The quantitative estimate of drug-likeness (QED) is 0.844. The lowest BCUT2D eigenvalue weighted by atomic mass is 9.99. The second-order valence-electron chi connectivity index (χ2n) is 4.59. The molecule has 0 saturated heterocycles. The van der Waals surface area contributed by atoms with Crippen molar-refractivity contribution in [3.8, 4) is 0 Å². The third-order valence-electron chi connectivity index (χ3n) is 2.84. The van der Waals surface area contributed by atoms with Crippen LogP contribution in [0.25, 0.3) is 0 Å². The molecule has 0 fully saturated rings. The summed E-state index contributed by atoms with van der Waals surface area (Å²) in [6, 6.07) is 2.75. The van der Waals surface area contributed by atoms with Gasteiger partial charge in [-0.05, 0) is 31.9 Å². The Morgan fingerprint density at radius 1 is 1.26 bits per heavy atom. The van der Waals surface area contributed by atoms with E-state index in [0.717, 1.165) is 16.7 Å². The van der Waals surface area contributed by atoms with Crippen molar-refractivity contribution in [1.29, 1.82) is 0 Å². The number of rotatable bonds is 5. The van der Waals surface area contributed by atoms with Crippen LogP contribution in [0.5, 0.6) is 0 Å². The van der Waals surface area contributed by atoms with Crippen LogP contribution in [0.1, 0.15) is 27.0 Å². The summed E-state index contributed by atoms with van der Waals surface area (Å²) in [5, 5.41) is 11.5. The lowest BCUT2D eigenvalue weighted by Crippen LogP contribution is -2.44. The van der Waals surface area contributed by atoms with E-state index >= 15 is 0 Å². The van der Waals surface area contributed by atoms with Gasteiger partial charge in [-0.25, -0.2) is 4.79 Å². The van der Waals surface area contributed by atoms with Gasteiger partial charge in [-0.1, -0.05) is 17.7 Å². The number of carboxylic acids is 1. The maximum absolute atomic E-state index is 12.2. The van der Waals surface area contributed by atoms with E-state index in [4.69, 9.17) is 9.84 Å². The number of aliphatic carboxylic acids is 1. The van der Waals surface area contributed by atoms with Gasteiger partial charge in [-0.3, -0.25) is 4.79 Å². The fourth-order valence-corrected chi connectivity index (χ4v) is 2.11. The van der Waals surface area contributed by atoms with Crippen molar-refractivity contribution in [2.24, 2.45) is 0 Å². The number of carboxylic acid groups (broad SMARTS) is 1. The molecule has 0 heterocycles. The van der Waals surface area contributed by atoms with Crippen LogP contribution in [-0.4, -0.2) is 36.7 Å². The number of amides is 1. The zero-order chi connectivity index (χ0) is 14.6. The number of methoxy groups -OCH3 is 1. The van der Waals surface area contributed by atoms with Crippen molar-refractivity contribution in [3.05, 3.63) is 34.4 Å². The summed E-state index contributed by atoms with van der Waals surface area (Å²) < 4.78 is 4.79. The van der Waals surface area contributed by atoms with Crippen LogP contribution in [-0.2, 0) is 9.53 Å². The van der Waals surface area contributed by atoms with E-state index in [-0.39, 0.29) is 12.5 Å². The molecule has 1 aromatic carbocycles. The number of ether oxygens (including phenoxy) is 1. The number of nitrogens with one attached hydrogen (secondary N) is 1. The molecule has 0 saturated carbocycles. The molecule has 0 aliphatic rings. The molecule has 0 aliphatic heterocycles. The van der Waals surface area contributed by atoms with E-state index in [2.05, 4.69) is 5.32 Å².